The molecule has 0 bridgehead atoms. The lowest BCUT2D eigenvalue weighted by Gasteiger charge is -2.26. The minimum Gasteiger partial charge on any atom is -0.369 e. The third-order valence-corrected chi connectivity index (χ3v) is 4.70. The van der Waals surface area contributed by atoms with Gasteiger partial charge in [0.2, 0.25) is 0 Å². The molecule has 0 aliphatic carbocycles. The number of anilines is 1. The second-order valence-electron chi connectivity index (χ2n) is 5.35. The van der Waals surface area contributed by atoms with Crippen LogP contribution in [0.25, 0.3) is 0 Å². The van der Waals surface area contributed by atoms with Gasteiger partial charge in [-0.25, -0.2) is 0 Å². The molecule has 1 N–H and O–H groups in total. The lowest BCUT2D eigenvalue weighted by atomic mass is 10.1. The summed E-state index contributed by atoms with van der Waals surface area (Å²) in [5, 5.41) is 3.46. The number of benzene rings is 1. The highest BCUT2D eigenvalue weighted by Crippen LogP contribution is 2.30. The lowest BCUT2D eigenvalue weighted by molar-refractivity contribution is 0.645. The highest BCUT2D eigenvalue weighted by atomic mass is 79.9. The molecule has 1 heterocycles. The molecular formula is C16H25BrN2. The fraction of sp³-hybridized carbons (Fsp3) is 0.625. The first-order valence-electron chi connectivity index (χ1n) is 7.52. The van der Waals surface area contributed by atoms with Crippen LogP contribution in [0, 0.1) is 0 Å². The second-order valence-corrected chi connectivity index (χ2v) is 6.20. The molecule has 1 aromatic carbocycles. The molecular weight excluding hydrogens is 300 g/mol. The predicted octanol–water partition coefficient (Wildman–Crippen LogP) is 4.33. The third kappa shape index (κ3) is 3.73. The van der Waals surface area contributed by atoms with Crippen molar-refractivity contribution < 1.29 is 0 Å². The van der Waals surface area contributed by atoms with E-state index in [1.54, 1.807) is 0 Å². The van der Waals surface area contributed by atoms with E-state index in [0.29, 0.717) is 0 Å². The topological polar surface area (TPSA) is 15.3 Å². The largest absolute Gasteiger partial charge is 0.369 e. The zero-order valence-electron chi connectivity index (χ0n) is 12.1. The molecule has 106 valence electrons. The van der Waals surface area contributed by atoms with Gasteiger partial charge >= 0.3 is 0 Å². The van der Waals surface area contributed by atoms with Gasteiger partial charge < -0.3 is 10.2 Å². The van der Waals surface area contributed by atoms with Gasteiger partial charge in [0, 0.05) is 29.3 Å². The van der Waals surface area contributed by atoms with Crippen LogP contribution in [0.15, 0.2) is 22.7 Å². The van der Waals surface area contributed by atoms with E-state index in [-0.39, 0.29) is 0 Å². The van der Waals surface area contributed by atoms with Crippen molar-refractivity contribution in [1.82, 2.24) is 5.32 Å². The Kier molecular flexibility index (Phi) is 5.71. The molecule has 0 radical (unpaired) electrons. The molecule has 0 saturated carbocycles. The van der Waals surface area contributed by atoms with Crippen molar-refractivity contribution in [3.05, 3.63) is 28.2 Å². The normalized spacial score (nSPS) is 19.1. The van der Waals surface area contributed by atoms with Crippen molar-refractivity contribution in [3.63, 3.8) is 0 Å². The predicted molar refractivity (Wildman–Crippen MR) is 86.8 cm³/mol. The molecule has 1 atom stereocenters. The maximum absolute atomic E-state index is 3.72. The van der Waals surface area contributed by atoms with E-state index in [0.717, 1.165) is 19.1 Å². The second kappa shape index (κ2) is 7.30. The van der Waals surface area contributed by atoms with Crippen molar-refractivity contribution in [2.24, 2.45) is 0 Å². The van der Waals surface area contributed by atoms with Gasteiger partial charge in [-0.3, -0.25) is 0 Å². The summed E-state index contributed by atoms with van der Waals surface area (Å²) in [5.74, 6) is 0. The van der Waals surface area contributed by atoms with Gasteiger partial charge in [-0.15, -0.1) is 0 Å². The first-order chi connectivity index (χ1) is 9.26. The van der Waals surface area contributed by atoms with Crippen LogP contribution in [0.4, 0.5) is 5.69 Å². The fourth-order valence-electron chi connectivity index (χ4n) is 2.86. The smallest absolute Gasteiger partial charge is 0.0380 e. The van der Waals surface area contributed by atoms with Gasteiger partial charge in [0.05, 0.1) is 0 Å². The van der Waals surface area contributed by atoms with E-state index in [1.165, 1.54) is 48.0 Å². The summed E-state index contributed by atoms with van der Waals surface area (Å²) in [6, 6.07) is 7.56. The molecule has 19 heavy (non-hydrogen) atoms. The summed E-state index contributed by atoms with van der Waals surface area (Å²) < 4.78 is 1.23. The van der Waals surface area contributed by atoms with Crippen LogP contribution in [0.5, 0.6) is 0 Å². The van der Waals surface area contributed by atoms with E-state index in [9.17, 15) is 0 Å². The quantitative estimate of drug-likeness (QED) is 0.783. The van der Waals surface area contributed by atoms with Gasteiger partial charge in [-0.2, -0.15) is 0 Å². The molecule has 1 unspecified atom stereocenters. The van der Waals surface area contributed by atoms with Crippen molar-refractivity contribution in [3.8, 4) is 0 Å². The Morgan fingerprint density at radius 2 is 2.21 bits per heavy atom. The zero-order chi connectivity index (χ0) is 13.7. The van der Waals surface area contributed by atoms with Crippen molar-refractivity contribution in [2.75, 3.05) is 18.0 Å². The SMILES string of the molecule is CCCNCc1ccc(N2CCCC2CC)cc1Br. The molecule has 3 heteroatoms. The summed E-state index contributed by atoms with van der Waals surface area (Å²) in [7, 11) is 0. The van der Waals surface area contributed by atoms with Crippen LogP contribution in [-0.4, -0.2) is 19.1 Å². The van der Waals surface area contributed by atoms with Crippen molar-refractivity contribution >= 4 is 21.6 Å². The molecule has 2 rings (SSSR count). The van der Waals surface area contributed by atoms with Gasteiger partial charge in [-0.05, 0) is 49.9 Å². The van der Waals surface area contributed by atoms with E-state index in [4.69, 9.17) is 0 Å². The van der Waals surface area contributed by atoms with E-state index in [2.05, 4.69) is 58.2 Å². The monoisotopic (exact) mass is 324 g/mol. The summed E-state index contributed by atoms with van der Waals surface area (Å²) in [4.78, 5) is 2.56. The number of halogens is 1. The molecule has 1 aromatic rings. The maximum atomic E-state index is 3.72. The summed E-state index contributed by atoms with van der Waals surface area (Å²) in [6.45, 7) is 7.73. The standard InChI is InChI=1S/C16H25BrN2/c1-3-9-18-12-13-7-8-15(11-16(13)17)19-10-5-6-14(19)4-2/h7-8,11,14,18H,3-6,9-10,12H2,1-2H3. The summed E-state index contributed by atoms with van der Waals surface area (Å²) in [6.07, 6.45) is 5.10. The van der Waals surface area contributed by atoms with Crippen LogP contribution in [-0.2, 0) is 6.54 Å². The minimum absolute atomic E-state index is 0.732. The van der Waals surface area contributed by atoms with Gasteiger partial charge in [0.15, 0.2) is 0 Å². The van der Waals surface area contributed by atoms with Crippen LogP contribution in [0.3, 0.4) is 0 Å². The Labute approximate surface area is 125 Å². The molecule has 1 saturated heterocycles. The maximum Gasteiger partial charge on any atom is 0.0380 e. The third-order valence-electron chi connectivity index (χ3n) is 3.96. The van der Waals surface area contributed by atoms with Crippen LogP contribution < -0.4 is 10.2 Å². The Morgan fingerprint density at radius 3 is 2.89 bits per heavy atom. The van der Waals surface area contributed by atoms with E-state index >= 15 is 0 Å². The van der Waals surface area contributed by atoms with E-state index < -0.39 is 0 Å². The van der Waals surface area contributed by atoms with Crippen LogP contribution >= 0.6 is 15.9 Å². The molecule has 1 aliphatic rings. The molecule has 0 amide bonds. The van der Waals surface area contributed by atoms with E-state index in [1.807, 2.05) is 0 Å². The molecule has 1 aliphatic heterocycles. The van der Waals surface area contributed by atoms with Gasteiger partial charge in [0.1, 0.15) is 0 Å². The molecule has 1 fully saturated rings. The van der Waals surface area contributed by atoms with Crippen molar-refractivity contribution in [2.45, 2.75) is 52.1 Å². The Morgan fingerprint density at radius 1 is 1.37 bits per heavy atom. The minimum atomic E-state index is 0.732. The van der Waals surface area contributed by atoms with Crippen LogP contribution in [0.1, 0.15) is 45.1 Å². The van der Waals surface area contributed by atoms with Crippen LogP contribution in [0.2, 0.25) is 0 Å². The fourth-order valence-corrected chi connectivity index (χ4v) is 3.37. The first kappa shape index (κ1) is 14.9. The number of nitrogens with one attached hydrogen (secondary N) is 1. The molecule has 0 aromatic heterocycles. The summed E-state index contributed by atoms with van der Waals surface area (Å²) >= 11 is 3.72. The average molecular weight is 325 g/mol. The summed E-state index contributed by atoms with van der Waals surface area (Å²) in [5.41, 5.74) is 2.72. The lowest BCUT2D eigenvalue weighted by Crippen LogP contribution is -2.28. The Balaban J connectivity index is 2.05. The number of hydrogen-bond acceptors (Lipinski definition) is 2. The van der Waals surface area contributed by atoms with Crippen molar-refractivity contribution in [1.29, 1.82) is 0 Å². The Bertz CT molecular complexity index is 406. The Hall–Kier alpha value is -0.540. The van der Waals surface area contributed by atoms with Gasteiger partial charge in [0.25, 0.3) is 0 Å². The molecule has 0 spiro atoms. The average Bonchev–Trinajstić information content (AvgIpc) is 2.89. The highest BCUT2D eigenvalue weighted by Gasteiger charge is 2.23. The molecule has 2 nitrogen and oxygen atoms in total. The number of nitrogens with zero attached hydrogens (tertiary/aromatic N) is 1. The van der Waals surface area contributed by atoms with Gasteiger partial charge in [-0.1, -0.05) is 35.8 Å². The number of rotatable bonds is 6. The highest BCUT2D eigenvalue weighted by molar-refractivity contribution is 9.10. The first-order valence-corrected chi connectivity index (χ1v) is 8.31. The zero-order valence-corrected chi connectivity index (χ0v) is 13.7. The number of hydrogen-bond donors (Lipinski definition) is 1.